The summed E-state index contributed by atoms with van der Waals surface area (Å²) in [5, 5.41) is 22.4. The summed E-state index contributed by atoms with van der Waals surface area (Å²) in [6.45, 7) is 1.02. The van der Waals surface area contributed by atoms with Gasteiger partial charge < -0.3 is 15.3 Å². The van der Waals surface area contributed by atoms with Crippen LogP contribution in [0.15, 0.2) is 12.1 Å². The Bertz CT molecular complexity index is 587. The Morgan fingerprint density at radius 1 is 1.67 bits per heavy atom. The molecule has 0 radical (unpaired) electrons. The molecule has 2 heterocycles. The monoisotopic (exact) mass is 308 g/mol. The summed E-state index contributed by atoms with van der Waals surface area (Å²) in [6.07, 6.45) is 1.37. The van der Waals surface area contributed by atoms with E-state index >= 15 is 0 Å². The maximum Gasteiger partial charge on any atom is 0.222 e. The maximum atomic E-state index is 11.5. The summed E-state index contributed by atoms with van der Waals surface area (Å²) < 4.78 is 0. The van der Waals surface area contributed by atoms with Gasteiger partial charge in [-0.2, -0.15) is 5.26 Å². The van der Waals surface area contributed by atoms with E-state index in [1.807, 2.05) is 11.0 Å². The van der Waals surface area contributed by atoms with Crippen molar-refractivity contribution in [3.05, 3.63) is 22.8 Å². The van der Waals surface area contributed by atoms with E-state index in [2.05, 4.69) is 10.3 Å². The molecule has 1 saturated heterocycles. The van der Waals surface area contributed by atoms with Crippen LogP contribution < -0.4 is 10.2 Å². The zero-order chi connectivity index (χ0) is 15.5. The van der Waals surface area contributed by atoms with Gasteiger partial charge in [0.15, 0.2) is 5.69 Å². The number of piperidine rings is 1. The summed E-state index contributed by atoms with van der Waals surface area (Å²) in [5.41, 5.74) is -0.915. The van der Waals surface area contributed by atoms with Gasteiger partial charge in [-0.3, -0.25) is 4.79 Å². The van der Waals surface area contributed by atoms with Gasteiger partial charge in [-0.25, -0.2) is 4.98 Å². The number of anilines is 1. The number of carbonyl (C=O) groups excluding carboxylic acids is 1. The van der Waals surface area contributed by atoms with Crippen molar-refractivity contribution in [2.45, 2.75) is 24.9 Å². The SMILES string of the molecule is CNC(=O)CC1(O)CCCN(c2ccc(Cl)c(C#N)n2)C1. The van der Waals surface area contributed by atoms with E-state index in [0.29, 0.717) is 23.8 Å². The van der Waals surface area contributed by atoms with Crippen molar-refractivity contribution >= 4 is 23.3 Å². The van der Waals surface area contributed by atoms with E-state index in [4.69, 9.17) is 16.9 Å². The smallest absolute Gasteiger partial charge is 0.222 e. The Hall–Kier alpha value is -1.84. The standard InChI is InChI=1S/C14H17ClN4O2/c1-17-13(20)7-14(21)5-2-6-19(9-14)12-4-3-10(15)11(8-16)18-12/h3-4,21H,2,5-7,9H2,1H3,(H,17,20). The van der Waals surface area contributed by atoms with Crippen LogP contribution in [0.3, 0.4) is 0 Å². The highest BCUT2D eigenvalue weighted by atomic mass is 35.5. The number of nitrogens with zero attached hydrogens (tertiary/aromatic N) is 3. The van der Waals surface area contributed by atoms with E-state index in [-0.39, 0.29) is 18.0 Å². The van der Waals surface area contributed by atoms with Crippen LogP contribution in [0.25, 0.3) is 0 Å². The van der Waals surface area contributed by atoms with Crippen molar-refractivity contribution in [2.24, 2.45) is 0 Å². The largest absolute Gasteiger partial charge is 0.388 e. The summed E-state index contributed by atoms with van der Waals surface area (Å²) in [5.74, 6) is 0.395. The molecule has 1 atom stereocenters. The molecule has 7 heteroatoms. The number of hydrogen-bond donors (Lipinski definition) is 2. The first-order chi connectivity index (χ1) is 9.97. The summed E-state index contributed by atoms with van der Waals surface area (Å²) in [6, 6.07) is 5.28. The topological polar surface area (TPSA) is 89.2 Å². The van der Waals surface area contributed by atoms with Gasteiger partial charge in [-0.15, -0.1) is 0 Å². The lowest BCUT2D eigenvalue weighted by molar-refractivity contribution is -0.125. The summed E-state index contributed by atoms with van der Waals surface area (Å²) >= 11 is 5.87. The van der Waals surface area contributed by atoms with Crippen LogP contribution in [0.5, 0.6) is 0 Å². The molecule has 0 bridgehead atoms. The minimum atomic E-state index is -1.08. The van der Waals surface area contributed by atoms with Crippen LogP contribution in [0.1, 0.15) is 25.0 Å². The highest BCUT2D eigenvalue weighted by Crippen LogP contribution is 2.28. The number of β-amino-alcohol motifs (C(OH)–C–C–N with tert-alkyl or cyclic N) is 1. The van der Waals surface area contributed by atoms with Crippen molar-refractivity contribution in [2.75, 3.05) is 25.0 Å². The normalized spacial score (nSPS) is 21.7. The average Bonchev–Trinajstić information content (AvgIpc) is 2.47. The molecule has 21 heavy (non-hydrogen) atoms. The molecule has 0 aliphatic carbocycles. The first-order valence-corrected chi connectivity index (χ1v) is 7.10. The Morgan fingerprint density at radius 2 is 2.43 bits per heavy atom. The van der Waals surface area contributed by atoms with E-state index in [1.54, 1.807) is 19.2 Å². The van der Waals surface area contributed by atoms with Gasteiger partial charge in [0.2, 0.25) is 5.91 Å². The second-order valence-electron chi connectivity index (χ2n) is 5.21. The zero-order valence-corrected chi connectivity index (χ0v) is 12.5. The third kappa shape index (κ3) is 3.63. The van der Waals surface area contributed by atoms with E-state index in [1.165, 1.54) is 0 Å². The Morgan fingerprint density at radius 3 is 3.10 bits per heavy atom. The molecule has 2 rings (SSSR count). The summed E-state index contributed by atoms with van der Waals surface area (Å²) in [4.78, 5) is 17.6. The lowest BCUT2D eigenvalue weighted by Gasteiger charge is -2.39. The van der Waals surface area contributed by atoms with E-state index in [9.17, 15) is 9.90 Å². The van der Waals surface area contributed by atoms with Crippen LogP contribution >= 0.6 is 11.6 Å². The minimum Gasteiger partial charge on any atom is -0.388 e. The van der Waals surface area contributed by atoms with Crippen LogP contribution in [-0.4, -0.2) is 41.7 Å². The molecule has 1 unspecified atom stereocenters. The summed E-state index contributed by atoms with van der Waals surface area (Å²) in [7, 11) is 1.55. The van der Waals surface area contributed by atoms with E-state index < -0.39 is 5.60 Å². The fourth-order valence-corrected chi connectivity index (χ4v) is 2.67. The van der Waals surface area contributed by atoms with Crippen molar-refractivity contribution in [3.63, 3.8) is 0 Å². The van der Waals surface area contributed by atoms with Crippen LogP contribution in [0.2, 0.25) is 5.02 Å². The van der Waals surface area contributed by atoms with Gasteiger partial charge in [0.1, 0.15) is 11.9 Å². The first kappa shape index (κ1) is 15.5. The minimum absolute atomic E-state index is 0.0543. The van der Waals surface area contributed by atoms with Gasteiger partial charge in [-0.1, -0.05) is 11.6 Å². The number of nitrogens with one attached hydrogen (secondary N) is 1. The predicted molar refractivity (Wildman–Crippen MR) is 79.0 cm³/mol. The Labute approximate surface area is 128 Å². The molecule has 1 aliphatic heterocycles. The van der Waals surface area contributed by atoms with Crippen molar-refractivity contribution in [3.8, 4) is 6.07 Å². The van der Waals surface area contributed by atoms with E-state index in [0.717, 1.165) is 13.0 Å². The lowest BCUT2D eigenvalue weighted by atomic mass is 9.89. The number of halogens is 1. The second kappa shape index (κ2) is 6.29. The van der Waals surface area contributed by atoms with Crippen LogP contribution in [0, 0.1) is 11.3 Å². The number of pyridine rings is 1. The fraction of sp³-hybridized carbons (Fsp3) is 0.500. The van der Waals surface area contributed by atoms with Crippen molar-refractivity contribution in [1.82, 2.24) is 10.3 Å². The quantitative estimate of drug-likeness (QED) is 0.872. The molecule has 1 amide bonds. The number of rotatable bonds is 3. The van der Waals surface area contributed by atoms with Gasteiger partial charge in [0, 0.05) is 20.1 Å². The molecular weight excluding hydrogens is 292 g/mol. The molecule has 2 N–H and O–H groups in total. The molecular formula is C14H17ClN4O2. The van der Waals surface area contributed by atoms with Gasteiger partial charge in [0.05, 0.1) is 17.0 Å². The Balaban J connectivity index is 2.18. The van der Waals surface area contributed by atoms with Gasteiger partial charge in [-0.05, 0) is 25.0 Å². The molecule has 112 valence electrons. The molecule has 1 aromatic rings. The van der Waals surface area contributed by atoms with Crippen molar-refractivity contribution in [1.29, 1.82) is 5.26 Å². The third-order valence-electron chi connectivity index (χ3n) is 3.58. The number of nitriles is 1. The van der Waals surface area contributed by atoms with Gasteiger partial charge in [0.25, 0.3) is 0 Å². The molecule has 0 aromatic carbocycles. The number of amides is 1. The second-order valence-corrected chi connectivity index (χ2v) is 5.62. The number of hydrogen-bond acceptors (Lipinski definition) is 5. The number of carbonyl (C=O) groups is 1. The lowest BCUT2D eigenvalue weighted by Crippen LogP contribution is -2.50. The molecule has 6 nitrogen and oxygen atoms in total. The number of aliphatic hydroxyl groups is 1. The average molecular weight is 309 g/mol. The molecule has 1 aliphatic rings. The Kier molecular flexibility index (Phi) is 4.66. The molecule has 0 spiro atoms. The molecule has 0 saturated carbocycles. The third-order valence-corrected chi connectivity index (χ3v) is 3.89. The maximum absolute atomic E-state index is 11.5. The molecule has 1 fully saturated rings. The fourth-order valence-electron chi connectivity index (χ4n) is 2.53. The molecule has 1 aromatic heterocycles. The highest BCUT2D eigenvalue weighted by molar-refractivity contribution is 6.31. The first-order valence-electron chi connectivity index (χ1n) is 6.72. The predicted octanol–water partition coefficient (Wildman–Crippen LogP) is 1.07. The van der Waals surface area contributed by atoms with Crippen molar-refractivity contribution < 1.29 is 9.90 Å². The zero-order valence-electron chi connectivity index (χ0n) is 11.8. The highest BCUT2D eigenvalue weighted by Gasteiger charge is 2.35. The van der Waals surface area contributed by atoms with Gasteiger partial charge >= 0.3 is 0 Å². The van der Waals surface area contributed by atoms with Crippen LogP contribution in [0.4, 0.5) is 5.82 Å². The number of aromatic nitrogens is 1. The van der Waals surface area contributed by atoms with Crippen LogP contribution in [-0.2, 0) is 4.79 Å².